The van der Waals surface area contributed by atoms with Gasteiger partial charge in [-0.2, -0.15) is 0 Å². The Bertz CT molecular complexity index is 502. The van der Waals surface area contributed by atoms with E-state index in [-0.39, 0.29) is 6.61 Å². The number of hydrogen-bond donors (Lipinski definition) is 1. The summed E-state index contributed by atoms with van der Waals surface area (Å²) in [6.45, 7) is -1.15. The SMILES string of the molecule is O=C1CN(C(=O)OCc2ccccc2)C(=O)N1CO. The summed E-state index contributed by atoms with van der Waals surface area (Å²) in [5, 5.41) is 8.82. The van der Waals surface area contributed by atoms with E-state index in [0.29, 0.717) is 9.80 Å². The van der Waals surface area contributed by atoms with Crippen molar-refractivity contribution in [3.63, 3.8) is 0 Å². The second-order valence-corrected chi connectivity index (χ2v) is 3.87. The Morgan fingerprint density at radius 2 is 1.95 bits per heavy atom. The summed E-state index contributed by atoms with van der Waals surface area (Å²) in [6, 6.07) is 8.08. The highest BCUT2D eigenvalue weighted by Gasteiger charge is 2.40. The maximum Gasteiger partial charge on any atom is 0.418 e. The fourth-order valence-electron chi connectivity index (χ4n) is 1.62. The minimum Gasteiger partial charge on any atom is -0.444 e. The molecule has 1 saturated heterocycles. The maximum absolute atomic E-state index is 11.7. The molecular formula is C12H12N2O5. The standard InChI is InChI=1S/C12H12N2O5/c15-8-14-10(16)6-13(11(14)17)12(18)19-7-9-4-2-1-3-5-9/h1-5,15H,6-8H2. The first-order chi connectivity index (χ1) is 9.13. The third-order valence-electron chi connectivity index (χ3n) is 2.62. The van der Waals surface area contributed by atoms with Gasteiger partial charge < -0.3 is 9.84 Å². The normalized spacial score (nSPS) is 15.0. The number of benzene rings is 1. The van der Waals surface area contributed by atoms with Crippen LogP contribution in [0.25, 0.3) is 0 Å². The molecular weight excluding hydrogens is 252 g/mol. The number of carbonyl (C=O) groups excluding carboxylic acids is 3. The van der Waals surface area contributed by atoms with E-state index in [0.717, 1.165) is 5.56 Å². The lowest BCUT2D eigenvalue weighted by molar-refractivity contribution is -0.127. The largest absolute Gasteiger partial charge is 0.444 e. The van der Waals surface area contributed by atoms with Gasteiger partial charge >= 0.3 is 12.1 Å². The number of amides is 4. The Kier molecular flexibility index (Phi) is 3.76. The summed E-state index contributed by atoms with van der Waals surface area (Å²) in [7, 11) is 0. The van der Waals surface area contributed by atoms with Gasteiger partial charge in [0, 0.05) is 0 Å². The number of nitrogens with zero attached hydrogens (tertiary/aromatic N) is 2. The molecule has 1 N–H and O–H groups in total. The third kappa shape index (κ3) is 2.71. The molecule has 1 aliphatic rings. The first kappa shape index (κ1) is 13.0. The van der Waals surface area contributed by atoms with Crippen molar-refractivity contribution < 1.29 is 24.2 Å². The van der Waals surface area contributed by atoms with Crippen molar-refractivity contribution in [2.75, 3.05) is 13.3 Å². The minimum atomic E-state index is -0.904. The van der Waals surface area contributed by atoms with Crippen LogP contribution in [0.2, 0.25) is 0 Å². The molecule has 100 valence electrons. The molecule has 7 nitrogen and oxygen atoms in total. The van der Waals surface area contributed by atoms with Gasteiger partial charge in [-0.15, -0.1) is 0 Å². The smallest absolute Gasteiger partial charge is 0.418 e. The number of aliphatic hydroxyl groups excluding tert-OH is 1. The van der Waals surface area contributed by atoms with Crippen LogP contribution in [0.1, 0.15) is 5.56 Å². The van der Waals surface area contributed by atoms with E-state index in [1.165, 1.54) is 0 Å². The maximum atomic E-state index is 11.7. The van der Waals surface area contributed by atoms with E-state index in [1.54, 1.807) is 24.3 Å². The zero-order valence-electron chi connectivity index (χ0n) is 9.98. The van der Waals surface area contributed by atoms with Crippen LogP contribution in [0.15, 0.2) is 30.3 Å². The van der Waals surface area contributed by atoms with Crippen LogP contribution < -0.4 is 0 Å². The molecule has 7 heteroatoms. The molecule has 2 rings (SSSR count). The molecule has 1 aliphatic heterocycles. The summed E-state index contributed by atoms with van der Waals surface area (Å²) in [6.07, 6.45) is -0.904. The highest BCUT2D eigenvalue weighted by molar-refractivity contribution is 6.08. The molecule has 1 aromatic rings. The van der Waals surface area contributed by atoms with E-state index in [9.17, 15) is 14.4 Å². The third-order valence-corrected chi connectivity index (χ3v) is 2.62. The lowest BCUT2D eigenvalue weighted by Crippen LogP contribution is -2.37. The van der Waals surface area contributed by atoms with Crippen molar-refractivity contribution in [3.05, 3.63) is 35.9 Å². The van der Waals surface area contributed by atoms with Crippen LogP contribution in [-0.2, 0) is 16.1 Å². The summed E-state index contributed by atoms with van der Waals surface area (Å²) >= 11 is 0. The highest BCUT2D eigenvalue weighted by atomic mass is 16.6. The van der Waals surface area contributed by atoms with Gasteiger partial charge in [-0.25, -0.2) is 19.4 Å². The molecule has 0 radical (unpaired) electrons. The summed E-state index contributed by atoms with van der Waals surface area (Å²) in [4.78, 5) is 35.8. The second kappa shape index (κ2) is 5.49. The van der Waals surface area contributed by atoms with E-state index in [1.807, 2.05) is 6.07 Å². The van der Waals surface area contributed by atoms with Crippen molar-refractivity contribution in [1.29, 1.82) is 0 Å². The molecule has 0 saturated carbocycles. The molecule has 19 heavy (non-hydrogen) atoms. The number of imide groups is 2. The van der Waals surface area contributed by atoms with Gasteiger partial charge in [0.25, 0.3) is 5.91 Å². The van der Waals surface area contributed by atoms with Crippen LogP contribution in [0, 0.1) is 0 Å². The Labute approximate surface area is 109 Å². The van der Waals surface area contributed by atoms with Gasteiger partial charge in [0.2, 0.25) is 0 Å². The zero-order chi connectivity index (χ0) is 13.8. The molecule has 0 bridgehead atoms. The number of ether oxygens (including phenoxy) is 1. The fourth-order valence-corrected chi connectivity index (χ4v) is 1.62. The van der Waals surface area contributed by atoms with E-state index >= 15 is 0 Å². The van der Waals surface area contributed by atoms with Gasteiger partial charge in [0.15, 0.2) is 0 Å². The van der Waals surface area contributed by atoms with Gasteiger partial charge in [0.1, 0.15) is 19.9 Å². The number of aliphatic hydroxyl groups is 1. The molecule has 0 aromatic heterocycles. The van der Waals surface area contributed by atoms with Gasteiger partial charge in [-0.05, 0) is 5.56 Å². The first-order valence-electron chi connectivity index (χ1n) is 5.57. The van der Waals surface area contributed by atoms with Gasteiger partial charge in [-0.3, -0.25) is 4.79 Å². The van der Waals surface area contributed by atoms with Crippen molar-refractivity contribution in [3.8, 4) is 0 Å². The zero-order valence-corrected chi connectivity index (χ0v) is 9.98. The van der Waals surface area contributed by atoms with Crippen molar-refractivity contribution in [1.82, 2.24) is 9.80 Å². The molecule has 0 unspecified atom stereocenters. The fraction of sp³-hybridized carbons (Fsp3) is 0.250. The Balaban J connectivity index is 1.94. The van der Waals surface area contributed by atoms with Crippen molar-refractivity contribution in [2.45, 2.75) is 6.61 Å². The predicted molar refractivity (Wildman–Crippen MR) is 62.7 cm³/mol. The second-order valence-electron chi connectivity index (χ2n) is 3.87. The molecule has 0 spiro atoms. The summed E-state index contributed by atoms with van der Waals surface area (Å²) in [5.41, 5.74) is 0.771. The van der Waals surface area contributed by atoms with Crippen LogP contribution in [0.5, 0.6) is 0 Å². The van der Waals surface area contributed by atoms with E-state index in [4.69, 9.17) is 9.84 Å². The molecule has 4 amide bonds. The lowest BCUT2D eigenvalue weighted by atomic mass is 10.2. The van der Waals surface area contributed by atoms with Crippen LogP contribution in [-0.4, -0.2) is 46.2 Å². The topological polar surface area (TPSA) is 87.2 Å². The van der Waals surface area contributed by atoms with Crippen molar-refractivity contribution >= 4 is 18.0 Å². The number of hydrogen-bond acceptors (Lipinski definition) is 5. The molecule has 0 aliphatic carbocycles. The van der Waals surface area contributed by atoms with E-state index < -0.39 is 31.3 Å². The quantitative estimate of drug-likeness (QED) is 0.805. The van der Waals surface area contributed by atoms with Crippen LogP contribution >= 0.6 is 0 Å². The Morgan fingerprint density at radius 1 is 1.26 bits per heavy atom. The van der Waals surface area contributed by atoms with Gasteiger partial charge in [-0.1, -0.05) is 30.3 Å². The average molecular weight is 264 g/mol. The van der Waals surface area contributed by atoms with Crippen LogP contribution in [0.4, 0.5) is 9.59 Å². The number of carbonyl (C=O) groups is 3. The average Bonchev–Trinajstić information content (AvgIpc) is 2.72. The van der Waals surface area contributed by atoms with Crippen LogP contribution in [0.3, 0.4) is 0 Å². The highest BCUT2D eigenvalue weighted by Crippen LogP contribution is 2.12. The number of rotatable bonds is 3. The minimum absolute atomic E-state index is 0.0107. The summed E-state index contributed by atoms with van der Waals surface area (Å²) in [5.74, 6) is -0.635. The summed E-state index contributed by atoms with van der Waals surface area (Å²) < 4.78 is 4.93. The molecule has 1 heterocycles. The molecule has 1 fully saturated rings. The Hall–Kier alpha value is -2.41. The monoisotopic (exact) mass is 264 g/mol. The van der Waals surface area contributed by atoms with Gasteiger partial charge in [0.05, 0.1) is 0 Å². The molecule has 0 atom stereocenters. The van der Waals surface area contributed by atoms with Crippen molar-refractivity contribution in [2.24, 2.45) is 0 Å². The number of urea groups is 1. The molecule has 1 aromatic carbocycles. The first-order valence-corrected chi connectivity index (χ1v) is 5.57. The Morgan fingerprint density at radius 3 is 2.53 bits per heavy atom. The predicted octanol–water partition coefficient (Wildman–Crippen LogP) is 0.537. The van der Waals surface area contributed by atoms with E-state index in [2.05, 4.69) is 0 Å². The lowest BCUT2D eigenvalue weighted by Gasteiger charge is -2.13.